The maximum absolute atomic E-state index is 14.0. The van der Waals surface area contributed by atoms with Crippen LogP contribution in [-0.2, 0) is 58.6 Å². The Balaban J connectivity index is 0.00000117. The first kappa shape index (κ1) is 69.9. The Kier molecular flexibility index (Phi) is 36.0. The van der Waals surface area contributed by atoms with E-state index in [1.807, 2.05) is 0 Å². The molecule has 2 aromatic heterocycles. The predicted octanol–water partition coefficient (Wildman–Crippen LogP) is 7.85. The molecule has 428 valence electrons. The van der Waals surface area contributed by atoms with Crippen molar-refractivity contribution in [1.29, 1.82) is 5.53 Å². The summed E-state index contributed by atoms with van der Waals surface area (Å²) in [5, 5.41) is 66.2. The largest absolute Gasteiger partial charge is 0.486 e. The zero-order chi connectivity index (χ0) is 59.2. The van der Waals surface area contributed by atoms with Crippen molar-refractivity contribution >= 4 is 92.6 Å². The Morgan fingerprint density at radius 2 is 1.24 bits per heavy atom. The third-order valence-electron chi connectivity index (χ3n) is 7.72. The normalized spacial score (nSPS) is 10.6. The van der Waals surface area contributed by atoms with Crippen LogP contribution < -0.4 is 36.6 Å². The molecule has 0 bridgehead atoms. The van der Waals surface area contributed by atoms with Gasteiger partial charge in [0.25, 0.3) is 0 Å². The molecule has 4 aromatic rings. The number of amides is 2. The van der Waals surface area contributed by atoms with Gasteiger partial charge in [0.2, 0.25) is 28.4 Å². The van der Waals surface area contributed by atoms with E-state index in [0.29, 0.717) is 11.1 Å². The van der Waals surface area contributed by atoms with Crippen molar-refractivity contribution in [3.05, 3.63) is 105 Å². The molecule has 2 heterocycles. The molecule has 0 saturated carbocycles. The second kappa shape index (κ2) is 40.2. The highest BCUT2D eigenvalue weighted by molar-refractivity contribution is 7.98. The van der Waals surface area contributed by atoms with Gasteiger partial charge in [-0.05, 0) is 102 Å². The molecule has 1 atom stereocenters. The number of alkyl halides is 2. The van der Waals surface area contributed by atoms with Gasteiger partial charge in [0, 0.05) is 6.26 Å². The number of carbonyl (C=O) groups is 2. The Morgan fingerprint density at radius 3 is 1.60 bits per heavy atom. The van der Waals surface area contributed by atoms with Gasteiger partial charge in [0.15, 0.2) is 28.3 Å². The van der Waals surface area contributed by atoms with Crippen molar-refractivity contribution in [2.24, 2.45) is 32.0 Å². The van der Waals surface area contributed by atoms with E-state index in [0.717, 1.165) is 33.7 Å². The van der Waals surface area contributed by atoms with Gasteiger partial charge in [-0.1, -0.05) is 54.4 Å². The number of halogens is 4. The van der Waals surface area contributed by atoms with Crippen LogP contribution in [0.5, 0.6) is 11.5 Å². The van der Waals surface area contributed by atoms with Crippen LogP contribution in [0.4, 0.5) is 53.0 Å². The van der Waals surface area contributed by atoms with Crippen molar-refractivity contribution in [2.75, 3.05) is 65.5 Å². The minimum atomic E-state index is -1.74. The molecule has 2 amide bonds. The molecule has 0 radical (unpaired) electrons. The summed E-state index contributed by atoms with van der Waals surface area (Å²) in [6.07, 6.45) is 3.92. The fourth-order valence-electron chi connectivity index (χ4n) is 4.95. The number of nitrogen functional groups attached to an aromatic ring is 2. The Labute approximate surface area is 454 Å². The number of carbonyl (C=O) groups excluding carboxylic acids is 2. The second-order valence-electron chi connectivity index (χ2n) is 12.5. The van der Waals surface area contributed by atoms with E-state index in [-0.39, 0.29) is 72.5 Å². The van der Waals surface area contributed by atoms with Crippen LogP contribution in [0.3, 0.4) is 0 Å². The molecule has 0 spiro atoms. The average molecular weight is 1190 g/mol. The third-order valence-corrected chi connectivity index (χ3v) is 8.96. The topological polar surface area (TPSA) is 483 Å². The van der Waals surface area contributed by atoms with Crippen LogP contribution in [0, 0.1) is 37.4 Å². The lowest BCUT2D eigenvalue weighted by Gasteiger charge is -2.21. The second-order valence-corrected chi connectivity index (χ2v) is 15.4. The minimum Gasteiger partial charge on any atom is -0.486 e. The van der Waals surface area contributed by atoms with E-state index in [1.165, 1.54) is 42.7 Å². The van der Waals surface area contributed by atoms with Crippen LogP contribution in [0.15, 0.2) is 98.1 Å². The molecule has 35 nitrogen and oxygen atoms in total. The lowest BCUT2D eigenvalue weighted by atomic mass is 10.2. The van der Waals surface area contributed by atoms with Crippen molar-refractivity contribution in [3.8, 4) is 11.5 Å². The first-order valence-electron chi connectivity index (χ1n) is 20.3. The molecule has 2 aromatic carbocycles. The van der Waals surface area contributed by atoms with Crippen molar-refractivity contribution in [2.45, 2.75) is 37.2 Å². The Hall–Kier alpha value is -8.12. The van der Waals surface area contributed by atoms with Crippen LogP contribution in [0.25, 0.3) is 0 Å². The number of ether oxygens (including phenoxy) is 4. The van der Waals surface area contributed by atoms with Gasteiger partial charge < -0.3 is 36.3 Å². The number of benzene rings is 2. The third kappa shape index (κ3) is 25.1. The number of nitro groups is 2. The minimum absolute atomic E-state index is 0.0240. The molecular formula is C37H47Cl2F2N17O18S2. The van der Waals surface area contributed by atoms with E-state index < -0.39 is 73.3 Å². The quantitative estimate of drug-likeness (QED) is 0.00371. The summed E-state index contributed by atoms with van der Waals surface area (Å²) < 4.78 is 60.3. The van der Waals surface area contributed by atoms with Gasteiger partial charge in [-0.2, -0.15) is 25.5 Å². The van der Waals surface area contributed by atoms with Gasteiger partial charge in [-0.3, -0.25) is 34.2 Å². The number of aromatic nitrogens is 4. The molecule has 78 heavy (non-hydrogen) atoms. The number of nitrogens with one attached hydrogen (secondary N) is 1. The first-order chi connectivity index (χ1) is 37.2. The van der Waals surface area contributed by atoms with Gasteiger partial charge in [0.1, 0.15) is 13.2 Å². The molecule has 0 aliphatic heterocycles. The summed E-state index contributed by atoms with van der Waals surface area (Å²) in [6, 6.07) is 7.74. The smallest absolute Gasteiger partial charge is 0.415 e. The van der Waals surface area contributed by atoms with Crippen LogP contribution in [0.1, 0.15) is 25.0 Å². The lowest BCUT2D eigenvalue weighted by Crippen LogP contribution is -2.33. The number of hydrogen-bond acceptors (Lipinski definition) is 27. The molecule has 0 saturated heterocycles. The summed E-state index contributed by atoms with van der Waals surface area (Å²) in [5.41, 5.74) is 16.8. The molecule has 0 fully saturated rings. The molecule has 9 N–H and O–H groups in total. The zero-order valence-electron chi connectivity index (χ0n) is 40.8. The standard InChI is InChI=1S/C18H20FN5O6S.C18H20FN5O5S.CH2Cl2.H3N7.H2O7/c1-4-8-30-13-9-11(6-7-12(13)19)10-23(18(25)29-5-2)16-14(24(26)27)15(20)21-17(22-16)31(3)28;1-4-8-29-13-9-11(6-7-12(13)19)10-23(18(25)28-5-2)16-14(24(26)27)15(20)21-17(22-16)30-3;2-1-3;2*1-3-5-7-6-4-2/h4,6-7,9H,1,5,8,10H2,2-3H3,(H2,20,21,22);4,6-7,9H,1,5,8,10H2,2-3H3,(H2,20,21,22);1H2;(H3,1,2,5,6);1-2H. The highest BCUT2D eigenvalue weighted by Gasteiger charge is 2.34. The van der Waals surface area contributed by atoms with Gasteiger partial charge in [-0.15, -0.1) is 23.2 Å². The highest BCUT2D eigenvalue weighted by atomic mass is 35.5. The van der Waals surface area contributed by atoms with Crippen molar-refractivity contribution in [1.82, 2.24) is 19.9 Å². The number of nitrogens with two attached hydrogens (primary N) is 3. The fourth-order valence-corrected chi connectivity index (χ4v) is 5.76. The van der Waals surface area contributed by atoms with Crippen LogP contribution in [-0.4, -0.2) is 101 Å². The SMILES string of the molecule is C=CCOc1cc(CN(C(=O)OCC)c2nc(S(C)=O)nc(N)c2[N+](=O)[O-])ccc1F.C=CCOc1cc(CN(C(=O)OCC)c2nc(SC)nc(N)c2[N+](=O)[O-])ccc1F.ClCCl.N=N/N=N/N=N/N.OOOOOOO. The predicted molar refractivity (Wildman–Crippen MR) is 267 cm³/mol. The monoisotopic (exact) mass is 1190 g/mol. The van der Waals surface area contributed by atoms with Gasteiger partial charge in [0.05, 0.1) is 52.3 Å². The average Bonchev–Trinajstić information content (AvgIpc) is 3.40. The summed E-state index contributed by atoms with van der Waals surface area (Å²) in [6.45, 7) is 9.71. The number of thioether (sulfide) groups is 1. The molecule has 41 heteroatoms. The maximum Gasteiger partial charge on any atom is 0.415 e. The maximum atomic E-state index is 14.0. The Morgan fingerprint density at radius 1 is 0.808 bits per heavy atom. The lowest BCUT2D eigenvalue weighted by molar-refractivity contribution is -0.784. The van der Waals surface area contributed by atoms with Crippen LogP contribution >= 0.6 is 35.0 Å². The molecular weight excluding hydrogens is 1140 g/mol. The molecule has 1 unspecified atom stereocenters. The summed E-state index contributed by atoms with van der Waals surface area (Å²) in [5.74, 6) is 1.28. The van der Waals surface area contributed by atoms with Gasteiger partial charge >= 0.3 is 23.6 Å². The van der Waals surface area contributed by atoms with Crippen molar-refractivity contribution < 1.29 is 87.1 Å². The van der Waals surface area contributed by atoms with Crippen LogP contribution in [0.2, 0.25) is 0 Å². The number of anilines is 4. The van der Waals surface area contributed by atoms with E-state index in [9.17, 15) is 42.8 Å². The van der Waals surface area contributed by atoms with E-state index in [2.05, 4.69) is 90.2 Å². The number of hydrogen-bond donors (Lipinski definition) is 6. The summed E-state index contributed by atoms with van der Waals surface area (Å²) in [7, 11) is -1.74. The molecule has 4 rings (SSSR count). The number of rotatable bonds is 24. The first-order valence-corrected chi connectivity index (χ1v) is 24.1. The van der Waals surface area contributed by atoms with E-state index in [4.69, 9.17) is 69.7 Å². The molecule has 0 aliphatic rings. The number of nitrogens with zero attached hydrogens (tertiary/aromatic N) is 13. The van der Waals surface area contributed by atoms with E-state index in [1.54, 1.807) is 20.1 Å². The fraction of sp³-hybridized carbons (Fsp3) is 0.297. The summed E-state index contributed by atoms with van der Waals surface area (Å²) in [4.78, 5) is 64.1. The van der Waals surface area contributed by atoms with Gasteiger partial charge in [-0.25, -0.2) is 28.9 Å². The van der Waals surface area contributed by atoms with E-state index >= 15 is 0 Å². The molecule has 0 aliphatic carbocycles. The Bertz CT molecular complexity index is 2680. The van der Waals surface area contributed by atoms with Crippen molar-refractivity contribution in [3.63, 3.8) is 0 Å². The zero-order valence-corrected chi connectivity index (χ0v) is 43.9. The highest BCUT2D eigenvalue weighted by Crippen LogP contribution is 2.36. The summed E-state index contributed by atoms with van der Waals surface area (Å²) >= 11 is 10.6.